The highest BCUT2D eigenvalue weighted by molar-refractivity contribution is 7.93. The van der Waals surface area contributed by atoms with Gasteiger partial charge in [0.25, 0.3) is 0 Å². The van der Waals surface area contributed by atoms with E-state index < -0.39 is 21.3 Å². The van der Waals surface area contributed by atoms with Gasteiger partial charge in [-0.2, -0.15) is 12.6 Å². The smallest absolute Gasteiger partial charge is 0.239 e. The molecule has 5 nitrogen and oxygen atoms in total. The molecule has 1 amide bonds. The van der Waals surface area contributed by atoms with Crippen LogP contribution in [0.15, 0.2) is 47.4 Å². The standard InChI is InChI=1S/C16H17N2O3S2/c17-15(19)16(8-13(22)9-18-16)10-23(20,21)14-6-5-11-3-1-2-4-12(11)7-14/h1-7,10,13,18,22H,8-9H2,(H2,17,19)/t13-,16-/m1/s1. The molecule has 3 N–H and O–H groups in total. The highest BCUT2D eigenvalue weighted by Gasteiger charge is 2.47. The molecule has 2 atom stereocenters. The molecule has 1 radical (unpaired) electrons. The zero-order chi connectivity index (χ0) is 16.7. The Labute approximate surface area is 140 Å². The van der Waals surface area contributed by atoms with Crippen molar-refractivity contribution >= 4 is 39.1 Å². The molecule has 7 heteroatoms. The number of rotatable bonds is 4. The number of nitrogens with two attached hydrogens (primary N) is 1. The Balaban J connectivity index is 1.98. The van der Waals surface area contributed by atoms with Crippen molar-refractivity contribution in [1.29, 1.82) is 0 Å². The number of amides is 1. The molecular formula is C16H17N2O3S2. The third kappa shape index (κ3) is 3.08. The summed E-state index contributed by atoms with van der Waals surface area (Å²) >= 11 is 4.30. The Morgan fingerprint density at radius 1 is 1.26 bits per heavy atom. The summed E-state index contributed by atoms with van der Waals surface area (Å²) in [5.41, 5.74) is 4.06. The van der Waals surface area contributed by atoms with Crippen LogP contribution in [-0.2, 0) is 14.6 Å². The summed E-state index contributed by atoms with van der Waals surface area (Å²) in [6.07, 6.45) is 0.248. The van der Waals surface area contributed by atoms with Crippen LogP contribution in [0.25, 0.3) is 10.8 Å². The fourth-order valence-electron chi connectivity index (χ4n) is 2.83. The maximum Gasteiger partial charge on any atom is 0.239 e. The van der Waals surface area contributed by atoms with E-state index >= 15 is 0 Å². The van der Waals surface area contributed by atoms with E-state index in [1.165, 1.54) is 6.07 Å². The molecule has 0 bridgehead atoms. The molecule has 1 saturated heterocycles. The van der Waals surface area contributed by atoms with E-state index in [1.807, 2.05) is 24.3 Å². The van der Waals surface area contributed by atoms with Gasteiger partial charge >= 0.3 is 0 Å². The van der Waals surface area contributed by atoms with Crippen molar-refractivity contribution in [3.63, 3.8) is 0 Å². The van der Waals surface area contributed by atoms with Crippen LogP contribution in [-0.4, -0.2) is 31.7 Å². The molecule has 121 valence electrons. The highest BCUT2D eigenvalue weighted by Crippen LogP contribution is 2.31. The van der Waals surface area contributed by atoms with E-state index in [9.17, 15) is 13.2 Å². The summed E-state index contributed by atoms with van der Waals surface area (Å²) in [5.74, 6) is 0.321. The Morgan fingerprint density at radius 2 is 1.96 bits per heavy atom. The number of primary amides is 1. The fraction of sp³-hybridized carbons (Fsp3) is 0.250. The van der Waals surface area contributed by atoms with Crippen LogP contribution in [0, 0.1) is 5.75 Å². The number of hydrogen-bond acceptors (Lipinski definition) is 5. The highest BCUT2D eigenvalue weighted by atomic mass is 32.2. The predicted octanol–water partition coefficient (Wildman–Crippen LogP) is 1.29. The van der Waals surface area contributed by atoms with E-state index in [0.717, 1.165) is 16.5 Å². The summed E-state index contributed by atoms with van der Waals surface area (Å²) < 4.78 is 25.4. The molecule has 0 aromatic heterocycles. The van der Waals surface area contributed by atoms with Gasteiger partial charge < -0.3 is 11.1 Å². The molecule has 1 heterocycles. The van der Waals surface area contributed by atoms with Gasteiger partial charge in [-0.1, -0.05) is 30.3 Å². The summed E-state index contributed by atoms with van der Waals surface area (Å²) in [5, 5.41) is 4.55. The van der Waals surface area contributed by atoms with Crippen molar-refractivity contribution in [2.45, 2.75) is 22.1 Å². The van der Waals surface area contributed by atoms with Crippen LogP contribution in [0.3, 0.4) is 0 Å². The number of carbonyl (C=O) groups is 1. The molecular weight excluding hydrogens is 332 g/mol. The van der Waals surface area contributed by atoms with E-state index in [0.29, 0.717) is 6.54 Å². The van der Waals surface area contributed by atoms with Crippen molar-refractivity contribution in [3.8, 4) is 0 Å². The monoisotopic (exact) mass is 349 g/mol. The molecule has 23 heavy (non-hydrogen) atoms. The van der Waals surface area contributed by atoms with E-state index in [2.05, 4.69) is 17.9 Å². The van der Waals surface area contributed by atoms with Crippen LogP contribution in [0.2, 0.25) is 0 Å². The number of sulfone groups is 1. The minimum absolute atomic E-state index is 0.120. The molecule has 2 aromatic rings. The van der Waals surface area contributed by atoms with Gasteiger partial charge in [-0.25, -0.2) is 8.42 Å². The largest absolute Gasteiger partial charge is 0.368 e. The first kappa shape index (κ1) is 16.3. The molecule has 1 aliphatic rings. The maximum atomic E-state index is 12.7. The maximum absolute atomic E-state index is 12.7. The third-order valence-corrected chi connectivity index (χ3v) is 6.05. The van der Waals surface area contributed by atoms with Crippen LogP contribution in [0.5, 0.6) is 0 Å². The second-order valence-electron chi connectivity index (χ2n) is 5.75. The van der Waals surface area contributed by atoms with Crippen molar-refractivity contribution in [2.75, 3.05) is 6.54 Å². The van der Waals surface area contributed by atoms with Crippen molar-refractivity contribution in [2.24, 2.45) is 5.73 Å². The van der Waals surface area contributed by atoms with E-state index in [-0.39, 0.29) is 16.6 Å². The molecule has 3 rings (SSSR count). The second-order valence-corrected chi connectivity index (χ2v) is 8.27. The molecule has 1 fully saturated rings. The van der Waals surface area contributed by atoms with Gasteiger partial charge in [0.05, 0.1) is 4.90 Å². The molecule has 1 aliphatic heterocycles. The van der Waals surface area contributed by atoms with Crippen LogP contribution < -0.4 is 11.1 Å². The van der Waals surface area contributed by atoms with Crippen LogP contribution in [0.1, 0.15) is 6.42 Å². The molecule has 0 aliphatic carbocycles. The lowest BCUT2D eigenvalue weighted by atomic mass is 9.99. The van der Waals surface area contributed by atoms with Crippen LogP contribution >= 0.6 is 12.6 Å². The zero-order valence-electron chi connectivity index (χ0n) is 12.3. The molecule has 0 saturated carbocycles. The summed E-state index contributed by atoms with van der Waals surface area (Å²) in [7, 11) is -3.78. The first-order valence-electron chi connectivity index (χ1n) is 7.15. The summed E-state index contributed by atoms with van der Waals surface area (Å²) in [4.78, 5) is 12.0. The average Bonchev–Trinajstić information content (AvgIpc) is 2.88. The van der Waals surface area contributed by atoms with Crippen molar-refractivity contribution in [1.82, 2.24) is 5.32 Å². The molecule has 0 unspecified atom stereocenters. The minimum Gasteiger partial charge on any atom is -0.368 e. The number of hydrogen-bond donors (Lipinski definition) is 3. The Hall–Kier alpha value is -1.57. The normalized spacial score (nSPS) is 24.8. The van der Waals surface area contributed by atoms with Gasteiger partial charge in [0.1, 0.15) is 11.3 Å². The lowest BCUT2D eigenvalue weighted by molar-refractivity contribution is -0.122. The fourth-order valence-corrected chi connectivity index (χ4v) is 4.72. The number of benzene rings is 2. The Morgan fingerprint density at radius 3 is 2.57 bits per heavy atom. The van der Waals surface area contributed by atoms with Gasteiger partial charge in [0.2, 0.25) is 5.91 Å². The SMILES string of the molecule is NC(=O)[C@]1([CH]S(=O)(=O)c2ccc3ccccc3c2)C[C@@H](S)CN1. The quantitative estimate of drug-likeness (QED) is 0.726. The first-order valence-corrected chi connectivity index (χ1v) is 9.21. The van der Waals surface area contributed by atoms with Gasteiger partial charge in [0.15, 0.2) is 9.84 Å². The lowest BCUT2D eigenvalue weighted by Crippen LogP contribution is -2.53. The number of thiol groups is 1. The van der Waals surface area contributed by atoms with Gasteiger partial charge in [-0.05, 0) is 29.3 Å². The summed E-state index contributed by atoms with van der Waals surface area (Å²) in [6, 6.07) is 12.4. The Bertz CT molecular complexity index is 867. The molecule has 0 spiro atoms. The van der Waals surface area contributed by atoms with Crippen LogP contribution in [0.4, 0.5) is 0 Å². The minimum atomic E-state index is -3.78. The third-order valence-electron chi connectivity index (χ3n) is 4.06. The van der Waals surface area contributed by atoms with E-state index in [1.54, 1.807) is 12.1 Å². The molecule has 2 aromatic carbocycles. The van der Waals surface area contributed by atoms with Gasteiger partial charge in [-0.3, -0.25) is 4.79 Å². The summed E-state index contributed by atoms with van der Waals surface area (Å²) in [6.45, 7) is 0.426. The Kier molecular flexibility index (Phi) is 4.12. The van der Waals surface area contributed by atoms with Crippen molar-refractivity contribution in [3.05, 3.63) is 48.2 Å². The number of nitrogens with one attached hydrogen (secondary N) is 1. The first-order chi connectivity index (χ1) is 10.8. The van der Waals surface area contributed by atoms with Gasteiger partial charge in [-0.15, -0.1) is 0 Å². The lowest BCUT2D eigenvalue weighted by Gasteiger charge is -2.25. The van der Waals surface area contributed by atoms with Gasteiger partial charge in [0, 0.05) is 11.8 Å². The topological polar surface area (TPSA) is 89.3 Å². The zero-order valence-corrected chi connectivity index (χ0v) is 14.0. The van der Waals surface area contributed by atoms with E-state index in [4.69, 9.17) is 5.73 Å². The second kappa shape index (κ2) is 5.81. The average molecular weight is 349 g/mol. The number of fused-ring (bicyclic) bond motifs is 1. The number of carbonyl (C=O) groups excluding carboxylic acids is 1. The van der Waals surface area contributed by atoms with Crippen molar-refractivity contribution < 1.29 is 13.2 Å². The predicted molar refractivity (Wildman–Crippen MR) is 92.8 cm³/mol.